The number of phenolic OH excluding ortho intramolecular Hbond substituents is 1. The number of benzene rings is 2. The highest BCUT2D eigenvalue weighted by molar-refractivity contribution is 9.10. The van der Waals surface area contributed by atoms with Gasteiger partial charge in [0.2, 0.25) is 0 Å². The molecule has 7 heteroatoms. The van der Waals surface area contributed by atoms with Crippen LogP contribution in [-0.2, 0) is 0 Å². The summed E-state index contributed by atoms with van der Waals surface area (Å²) in [6.07, 6.45) is 0. The van der Waals surface area contributed by atoms with E-state index >= 15 is 0 Å². The van der Waals surface area contributed by atoms with Crippen molar-refractivity contribution in [2.45, 2.75) is 0 Å². The van der Waals surface area contributed by atoms with Crippen LogP contribution >= 0.6 is 27.3 Å². The van der Waals surface area contributed by atoms with E-state index in [1.807, 2.05) is 5.38 Å². The van der Waals surface area contributed by atoms with Gasteiger partial charge in [0.05, 0.1) is 10.4 Å². The second-order valence-corrected chi connectivity index (χ2v) is 6.99. The highest BCUT2D eigenvalue weighted by atomic mass is 79.9. The first-order valence-corrected chi connectivity index (χ1v) is 8.95. The molecular weight excluding hydrogens is 404 g/mol. The number of amides is 2. The zero-order valence-electron chi connectivity index (χ0n) is 12.8. The van der Waals surface area contributed by atoms with E-state index in [0.29, 0.717) is 20.7 Å². The molecule has 0 fully saturated rings. The SMILES string of the molecule is O=C(Nc1cccc(NC(=O)c2ccc(Br)cc2O)c1)c1cccs1. The molecule has 1 aromatic heterocycles. The minimum absolute atomic E-state index is 0.117. The van der Waals surface area contributed by atoms with Gasteiger partial charge in [-0.15, -0.1) is 11.3 Å². The molecule has 3 rings (SSSR count). The molecule has 0 aliphatic heterocycles. The van der Waals surface area contributed by atoms with Gasteiger partial charge in [-0.2, -0.15) is 0 Å². The van der Waals surface area contributed by atoms with Gasteiger partial charge in [0, 0.05) is 15.8 Å². The maximum Gasteiger partial charge on any atom is 0.265 e. The van der Waals surface area contributed by atoms with Gasteiger partial charge in [-0.25, -0.2) is 0 Å². The molecule has 0 bridgehead atoms. The van der Waals surface area contributed by atoms with Gasteiger partial charge in [-0.1, -0.05) is 28.1 Å². The molecule has 0 saturated carbocycles. The monoisotopic (exact) mass is 416 g/mol. The van der Waals surface area contributed by atoms with Gasteiger partial charge in [0.1, 0.15) is 5.75 Å². The minimum atomic E-state index is -0.438. The van der Waals surface area contributed by atoms with Gasteiger partial charge >= 0.3 is 0 Å². The Morgan fingerprint density at radius 2 is 1.64 bits per heavy atom. The van der Waals surface area contributed by atoms with Crippen LogP contribution < -0.4 is 10.6 Å². The molecule has 0 unspecified atom stereocenters. The molecule has 2 aromatic carbocycles. The summed E-state index contributed by atoms with van der Waals surface area (Å²) in [5.74, 6) is -0.759. The molecule has 126 valence electrons. The van der Waals surface area contributed by atoms with E-state index in [4.69, 9.17) is 0 Å². The number of anilines is 2. The van der Waals surface area contributed by atoms with Crippen molar-refractivity contribution in [2.75, 3.05) is 10.6 Å². The number of nitrogens with one attached hydrogen (secondary N) is 2. The largest absolute Gasteiger partial charge is 0.507 e. The van der Waals surface area contributed by atoms with Crippen LogP contribution in [0, 0.1) is 0 Å². The van der Waals surface area contributed by atoms with Crippen LogP contribution in [0.25, 0.3) is 0 Å². The van der Waals surface area contributed by atoms with E-state index < -0.39 is 5.91 Å². The van der Waals surface area contributed by atoms with E-state index in [-0.39, 0.29) is 17.2 Å². The fourth-order valence-electron chi connectivity index (χ4n) is 2.17. The highest BCUT2D eigenvalue weighted by Gasteiger charge is 2.12. The molecule has 0 spiro atoms. The Hall–Kier alpha value is -2.64. The van der Waals surface area contributed by atoms with Crippen LogP contribution in [0.15, 0.2) is 64.5 Å². The van der Waals surface area contributed by atoms with Crippen LogP contribution in [0.5, 0.6) is 5.75 Å². The number of aromatic hydroxyl groups is 1. The second kappa shape index (κ2) is 7.50. The van der Waals surface area contributed by atoms with Crippen molar-refractivity contribution in [3.63, 3.8) is 0 Å². The van der Waals surface area contributed by atoms with Crippen molar-refractivity contribution in [2.24, 2.45) is 0 Å². The van der Waals surface area contributed by atoms with Gasteiger partial charge in [-0.3, -0.25) is 9.59 Å². The maximum atomic E-state index is 12.3. The van der Waals surface area contributed by atoms with E-state index in [0.717, 1.165) is 0 Å². The fourth-order valence-corrected chi connectivity index (χ4v) is 3.14. The lowest BCUT2D eigenvalue weighted by atomic mass is 10.2. The lowest BCUT2D eigenvalue weighted by Gasteiger charge is -2.09. The first kappa shape index (κ1) is 17.2. The Bertz CT molecular complexity index is 926. The Morgan fingerprint density at radius 3 is 2.28 bits per heavy atom. The van der Waals surface area contributed by atoms with Gasteiger partial charge in [0.25, 0.3) is 11.8 Å². The van der Waals surface area contributed by atoms with Crippen molar-refractivity contribution >= 4 is 50.5 Å². The van der Waals surface area contributed by atoms with Crippen LogP contribution in [-0.4, -0.2) is 16.9 Å². The van der Waals surface area contributed by atoms with Crippen molar-refractivity contribution in [3.05, 3.63) is 74.9 Å². The van der Waals surface area contributed by atoms with Crippen molar-refractivity contribution in [1.82, 2.24) is 0 Å². The lowest BCUT2D eigenvalue weighted by Crippen LogP contribution is -2.13. The molecule has 0 radical (unpaired) electrons. The first-order chi connectivity index (χ1) is 12.0. The Balaban J connectivity index is 1.73. The van der Waals surface area contributed by atoms with Crippen LogP contribution in [0.3, 0.4) is 0 Å². The fraction of sp³-hybridized carbons (Fsp3) is 0. The summed E-state index contributed by atoms with van der Waals surface area (Å²) in [7, 11) is 0. The Morgan fingerprint density at radius 1 is 0.920 bits per heavy atom. The zero-order valence-corrected chi connectivity index (χ0v) is 15.2. The van der Waals surface area contributed by atoms with E-state index in [1.165, 1.54) is 23.5 Å². The van der Waals surface area contributed by atoms with Gasteiger partial charge < -0.3 is 15.7 Å². The third-order valence-corrected chi connectivity index (χ3v) is 4.69. The normalized spacial score (nSPS) is 10.3. The number of phenols is 1. The molecule has 2 amide bonds. The molecule has 0 aliphatic rings. The average molecular weight is 417 g/mol. The maximum absolute atomic E-state index is 12.3. The average Bonchev–Trinajstić information content (AvgIpc) is 3.09. The predicted octanol–water partition coefficient (Wildman–Crippen LogP) is 4.72. The van der Waals surface area contributed by atoms with E-state index in [1.54, 1.807) is 42.5 Å². The van der Waals surface area contributed by atoms with Crippen LogP contribution in [0.1, 0.15) is 20.0 Å². The van der Waals surface area contributed by atoms with Crippen molar-refractivity contribution < 1.29 is 14.7 Å². The first-order valence-electron chi connectivity index (χ1n) is 7.28. The van der Waals surface area contributed by atoms with Crippen molar-refractivity contribution in [3.8, 4) is 5.75 Å². The van der Waals surface area contributed by atoms with E-state index in [2.05, 4.69) is 26.6 Å². The number of rotatable bonds is 4. The Kier molecular flexibility index (Phi) is 5.16. The smallest absolute Gasteiger partial charge is 0.265 e. The van der Waals surface area contributed by atoms with Crippen LogP contribution in [0.4, 0.5) is 11.4 Å². The molecule has 25 heavy (non-hydrogen) atoms. The number of halogens is 1. The molecule has 3 N–H and O–H groups in total. The summed E-state index contributed by atoms with van der Waals surface area (Å²) in [4.78, 5) is 25.0. The molecule has 0 atom stereocenters. The van der Waals surface area contributed by atoms with Gasteiger partial charge in [0.15, 0.2) is 0 Å². The predicted molar refractivity (Wildman–Crippen MR) is 102 cm³/mol. The number of carbonyl (C=O) groups is 2. The molecule has 3 aromatic rings. The quantitative estimate of drug-likeness (QED) is 0.575. The number of hydrogen-bond acceptors (Lipinski definition) is 4. The summed E-state index contributed by atoms with van der Waals surface area (Å²) in [6.45, 7) is 0. The van der Waals surface area contributed by atoms with E-state index in [9.17, 15) is 14.7 Å². The zero-order chi connectivity index (χ0) is 17.8. The van der Waals surface area contributed by atoms with Crippen LogP contribution in [0.2, 0.25) is 0 Å². The Labute approximate surface area is 156 Å². The highest BCUT2D eigenvalue weighted by Crippen LogP contribution is 2.24. The number of hydrogen-bond donors (Lipinski definition) is 3. The van der Waals surface area contributed by atoms with Gasteiger partial charge in [-0.05, 0) is 47.8 Å². The summed E-state index contributed by atoms with van der Waals surface area (Å²) in [5, 5.41) is 17.2. The third kappa shape index (κ3) is 4.26. The summed E-state index contributed by atoms with van der Waals surface area (Å²) in [5.41, 5.74) is 1.24. The summed E-state index contributed by atoms with van der Waals surface area (Å²) in [6, 6.07) is 15.0. The molecule has 0 aliphatic carbocycles. The molecule has 0 saturated heterocycles. The molecule has 5 nitrogen and oxygen atoms in total. The second-order valence-electron chi connectivity index (χ2n) is 5.13. The lowest BCUT2D eigenvalue weighted by molar-refractivity contribution is 0.101. The van der Waals surface area contributed by atoms with Crippen molar-refractivity contribution in [1.29, 1.82) is 0 Å². The summed E-state index contributed by atoms with van der Waals surface area (Å²) < 4.78 is 0.680. The number of thiophene rings is 1. The molecular formula is C18H13BrN2O3S. The third-order valence-electron chi connectivity index (χ3n) is 3.33. The summed E-state index contributed by atoms with van der Waals surface area (Å²) >= 11 is 4.58. The number of carbonyl (C=O) groups excluding carboxylic acids is 2. The molecule has 1 heterocycles. The standard InChI is InChI=1S/C18H13BrN2O3S/c19-11-6-7-14(15(22)9-11)17(23)20-12-3-1-4-13(10-12)21-18(24)16-5-2-8-25-16/h1-10,22H,(H,20,23)(H,21,24). The topological polar surface area (TPSA) is 78.4 Å². The minimum Gasteiger partial charge on any atom is -0.507 e.